The van der Waals surface area contributed by atoms with Crippen LogP contribution in [-0.4, -0.2) is 55.6 Å². The first-order chi connectivity index (χ1) is 28.5. The molecular formula is C41H30N6Na2O11S2. The minimum Gasteiger partial charge on any atom is -0.744 e. The monoisotopic (exact) mass is 892 g/mol. The molecule has 21 heteroatoms. The number of urea groups is 1. The fraction of sp³-hybridized carbons (Fsp3) is 0. The smallest absolute Gasteiger partial charge is 0.744 e. The minimum atomic E-state index is -4.66. The molecule has 0 spiro atoms. The molecule has 0 heterocycles. The van der Waals surface area contributed by atoms with Crippen molar-refractivity contribution in [3.05, 3.63) is 168 Å². The van der Waals surface area contributed by atoms with Crippen molar-refractivity contribution in [2.75, 3.05) is 31.9 Å². The first-order valence-corrected chi connectivity index (χ1v) is 20.2. The fourth-order valence-corrected chi connectivity index (χ4v) is 6.34. The average molecular weight is 893 g/mol. The number of benzene rings is 6. The van der Waals surface area contributed by atoms with Gasteiger partial charge < -0.3 is 41.0 Å². The van der Waals surface area contributed by atoms with Crippen LogP contribution in [0.15, 0.2) is 155 Å². The molecule has 0 saturated heterocycles. The topological polar surface area (TPSA) is 272 Å². The van der Waals surface area contributed by atoms with E-state index in [0.717, 1.165) is 24.3 Å². The number of rotatable bonds is 12. The van der Waals surface area contributed by atoms with Crippen molar-refractivity contribution >= 4 is 84.0 Å². The Morgan fingerprint density at radius 3 is 0.919 bits per heavy atom. The molecule has 0 aromatic heterocycles. The molecule has 0 saturated carbocycles. The van der Waals surface area contributed by atoms with Crippen LogP contribution in [0.2, 0.25) is 0 Å². The van der Waals surface area contributed by atoms with Crippen LogP contribution in [0.4, 0.5) is 38.9 Å². The van der Waals surface area contributed by atoms with E-state index in [4.69, 9.17) is 0 Å². The predicted octanol–water partition coefficient (Wildman–Crippen LogP) is 0.156. The van der Waals surface area contributed by atoms with E-state index in [1.165, 1.54) is 48.5 Å². The van der Waals surface area contributed by atoms with Crippen molar-refractivity contribution in [2.24, 2.45) is 0 Å². The maximum atomic E-state index is 13.0. The van der Waals surface area contributed by atoms with Crippen molar-refractivity contribution in [1.82, 2.24) is 0 Å². The predicted molar refractivity (Wildman–Crippen MR) is 219 cm³/mol. The summed E-state index contributed by atoms with van der Waals surface area (Å²) in [5.74, 6) is -2.15. The van der Waals surface area contributed by atoms with Crippen molar-refractivity contribution < 1.29 is 109 Å². The Bertz CT molecular complexity index is 2650. The van der Waals surface area contributed by atoms with E-state index < -0.39 is 59.7 Å². The van der Waals surface area contributed by atoms with E-state index in [2.05, 4.69) is 31.9 Å². The van der Waals surface area contributed by atoms with Gasteiger partial charge in [0, 0.05) is 56.4 Å². The Labute approximate surface area is 399 Å². The van der Waals surface area contributed by atoms with E-state index in [-0.39, 0.29) is 92.7 Å². The largest absolute Gasteiger partial charge is 1.00 e. The molecule has 0 atom stereocenters. The van der Waals surface area contributed by atoms with Gasteiger partial charge in [-0.15, -0.1) is 0 Å². The molecule has 0 unspecified atom stereocenters. The molecule has 0 aliphatic rings. The molecule has 0 aliphatic carbocycles. The van der Waals surface area contributed by atoms with Gasteiger partial charge in [-0.1, -0.05) is 12.1 Å². The van der Waals surface area contributed by atoms with Crippen LogP contribution >= 0.6 is 0 Å². The van der Waals surface area contributed by atoms with E-state index in [1.807, 2.05) is 0 Å². The van der Waals surface area contributed by atoms with Crippen molar-refractivity contribution in [3.63, 3.8) is 0 Å². The van der Waals surface area contributed by atoms with Crippen LogP contribution in [0.1, 0.15) is 41.4 Å². The third kappa shape index (κ3) is 13.6. The van der Waals surface area contributed by atoms with E-state index in [9.17, 15) is 49.9 Å². The molecule has 0 bridgehead atoms. The molecule has 304 valence electrons. The minimum absolute atomic E-state index is 0. The van der Waals surface area contributed by atoms with Gasteiger partial charge in [0.2, 0.25) is 0 Å². The molecule has 6 rings (SSSR count). The standard InChI is InChI=1S/C41H32N6O11S2.2Na/c48-37(25-7-19-35(20-8-25)59(53,54)55)44-33-5-1-3-27(23-33)39(50)42-29-11-15-31(16-12-29)46-41(52)47-32-17-13-30(14-18-32)43-40(51)28-4-2-6-34(24-28)45-38(49)26-9-21-36(22-10-26)60(56,57)58;;/h1-24H,(H,42,50)(H,43,51)(H,44,48)(H,45,49)(H2,46,47,52)(H,53,54,55)(H,56,57,58);;/q;2*+1/p-2. The van der Waals surface area contributed by atoms with Gasteiger partial charge in [0.25, 0.3) is 23.6 Å². The Hall–Kier alpha value is -5.71. The summed E-state index contributed by atoms with van der Waals surface area (Å²) >= 11 is 0. The summed E-state index contributed by atoms with van der Waals surface area (Å²) in [5, 5.41) is 16.0. The fourth-order valence-electron chi connectivity index (χ4n) is 5.40. The van der Waals surface area contributed by atoms with Crippen molar-refractivity contribution in [2.45, 2.75) is 9.79 Å². The summed E-state index contributed by atoms with van der Waals surface area (Å²) in [7, 11) is -9.32. The maximum Gasteiger partial charge on any atom is 1.00 e. The molecular weight excluding hydrogens is 863 g/mol. The second kappa shape index (κ2) is 21.4. The number of amides is 6. The van der Waals surface area contributed by atoms with Crippen molar-refractivity contribution in [3.8, 4) is 0 Å². The maximum absolute atomic E-state index is 13.0. The second-order valence-corrected chi connectivity index (χ2v) is 15.4. The molecule has 0 radical (unpaired) electrons. The van der Waals surface area contributed by atoms with Crippen LogP contribution in [-0.2, 0) is 20.2 Å². The van der Waals surface area contributed by atoms with Gasteiger partial charge in [-0.25, -0.2) is 21.6 Å². The van der Waals surface area contributed by atoms with E-state index in [0.29, 0.717) is 22.7 Å². The summed E-state index contributed by atoms with van der Waals surface area (Å²) < 4.78 is 66.8. The van der Waals surface area contributed by atoms with Crippen molar-refractivity contribution in [1.29, 1.82) is 0 Å². The first-order valence-electron chi connectivity index (χ1n) is 17.4. The zero-order valence-electron chi connectivity index (χ0n) is 32.7. The van der Waals surface area contributed by atoms with Crippen LogP contribution in [0, 0.1) is 0 Å². The van der Waals surface area contributed by atoms with Gasteiger partial charge >= 0.3 is 65.1 Å². The zero-order chi connectivity index (χ0) is 43.0. The van der Waals surface area contributed by atoms with Crippen LogP contribution in [0.25, 0.3) is 0 Å². The zero-order valence-corrected chi connectivity index (χ0v) is 38.3. The quantitative estimate of drug-likeness (QED) is 0.0712. The first kappa shape index (κ1) is 49.0. The molecule has 0 fully saturated rings. The second-order valence-electron chi connectivity index (χ2n) is 12.7. The molecule has 0 aliphatic heterocycles. The number of carbonyl (C=O) groups excluding carboxylic acids is 5. The molecule has 6 amide bonds. The van der Waals surface area contributed by atoms with Gasteiger partial charge in [0.15, 0.2) is 0 Å². The third-order valence-corrected chi connectivity index (χ3v) is 10.1. The van der Waals surface area contributed by atoms with Crippen LogP contribution in [0.3, 0.4) is 0 Å². The van der Waals surface area contributed by atoms with Crippen LogP contribution in [0.5, 0.6) is 0 Å². The summed E-state index contributed by atoms with van der Waals surface area (Å²) in [6.45, 7) is 0. The molecule has 17 nitrogen and oxygen atoms in total. The molecule has 6 aromatic carbocycles. The normalized spacial score (nSPS) is 10.7. The Kier molecular flexibility index (Phi) is 16.9. The number of hydrogen-bond donors (Lipinski definition) is 6. The number of hydrogen-bond acceptors (Lipinski definition) is 11. The summed E-state index contributed by atoms with van der Waals surface area (Å²) in [4.78, 5) is 62.9. The van der Waals surface area contributed by atoms with Gasteiger partial charge in [0.05, 0.1) is 9.79 Å². The molecule has 6 N–H and O–H groups in total. The van der Waals surface area contributed by atoms with Gasteiger partial charge in [-0.3, -0.25) is 19.2 Å². The summed E-state index contributed by atoms with van der Waals surface area (Å²) in [6.07, 6.45) is 0. The average Bonchev–Trinajstić information content (AvgIpc) is 3.22. The molecule has 6 aromatic rings. The van der Waals surface area contributed by atoms with E-state index >= 15 is 0 Å². The van der Waals surface area contributed by atoms with Crippen LogP contribution < -0.4 is 91.0 Å². The number of carbonyl (C=O) groups is 5. The van der Waals surface area contributed by atoms with E-state index in [1.54, 1.807) is 72.8 Å². The Morgan fingerprint density at radius 1 is 0.339 bits per heavy atom. The van der Waals surface area contributed by atoms with Gasteiger partial charge in [-0.05, 0) is 133 Å². The third-order valence-electron chi connectivity index (χ3n) is 8.38. The summed E-state index contributed by atoms with van der Waals surface area (Å²) in [6, 6.07) is 33.0. The Morgan fingerprint density at radius 2 is 0.613 bits per heavy atom. The number of nitrogens with one attached hydrogen (secondary N) is 6. The number of anilines is 6. The SMILES string of the molecule is O=C(Nc1ccc(NC(=O)c2cccc(NC(=O)c3ccc(S(=O)(=O)[O-])cc3)c2)cc1)Nc1ccc(NC(=O)c2cccc(NC(=O)c3ccc(S(=O)(=O)[O-])cc3)c2)cc1.[Na+].[Na+]. The summed E-state index contributed by atoms with van der Waals surface area (Å²) in [5.41, 5.74) is 2.84. The van der Waals surface area contributed by atoms with Gasteiger partial charge in [-0.2, -0.15) is 0 Å². The van der Waals surface area contributed by atoms with Gasteiger partial charge in [0.1, 0.15) is 20.2 Å². The Balaban J connectivity index is 0.00000422. The molecule has 62 heavy (non-hydrogen) atoms.